The number of nitrogens with one attached hydrogen (secondary N) is 1. The summed E-state index contributed by atoms with van der Waals surface area (Å²) in [5.74, 6) is -0.514. The molecule has 1 aromatic rings. The van der Waals surface area contributed by atoms with E-state index >= 15 is 0 Å². The molecule has 2 atom stereocenters. The molecule has 0 aliphatic carbocycles. The summed E-state index contributed by atoms with van der Waals surface area (Å²) in [5, 5.41) is 3.36. The van der Waals surface area contributed by atoms with Gasteiger partial charge >= 0.3 is 0 Å². The molecule has 0 saturated carbocycles. The standard InChI is InChI=1S/C13H16BrFN2O/c1-8-6-17(7-9(2)16-8)13(18)10-3-11(14)5-12(15)4-10/h3-5,8-9,16H,6-7H2,1-2H3/t8-,9-/m0/s1. The third-order valence-electron chi connectivity index (χ3n) is 2.95. The Morgan fingerprint density at radius 2 is 1.94 bits per heavy atom. The van der Waals surface area contributed by atoms with Crippen LogP contribution in [0.1, 0.15) is 24.2 Å². The Balaban J connectivity index is 2.20. The van der Waals surface area contributed by atoms with Crippen molar-refractivity contribution in [3.8, 4) is 0 Å². The minimum absolute atomic E-state index is 0.115. The average molecular weight is 315 g/mol. The summed E-state index contributed by atoms with van der Waals surface area (Å²) in [5.41, 5.74) is 0.392. The summed E-state index contributed by atoms with van der Waals surface area (Å²) in [6.07, 6.45) is 0. The molecule has 1 fully saturated rings. The maximum absolute atomic E-state index is 13.3. The molecule has 2 rings (SSSR count). The van der Waals surface area contributed by atoms with Gasteiger partial charge in [-0.15, -0.1) is 0 Å². The van der Waals surface area contributed by atoms with Crippen molar-refractivity contribution < 1.29 is 9.18 Å². The van der Waals surface area contributed by atoms with E-state index in [1.165, 1.54) is 12.1 Å². The Morgan fingerprint density at radius 3 is 2.50 bits per heavy atom. The smallest absolute Gasteiger partial charge is 0.254 e. The fourth-order valence-electron chi connectivity index (χ4n) is 2.35. The molecule has 0 unspecified atom stereocenters. The summed E-state index contributed by atoms with van der Waals surface area (Å²) in [6, 6.07) is 4.80. The van der Waals surface area contributed by atoms with E-state index in [9.17, 15) is 9.18 Å². The van der Waals surface area contributed by atoms with Gasteiger partial charge in [0.2, 0.25) is 0 Å². The minimum atomic E-state index is -0.399. The van der Waals surface area contributed by atoms with Gasteiger partial charge in [0.25, 0.3) is 5.91 Å². The first-order valence-electron chi connectivity index (χ1n) is 5.97. The Labute approximate surface area is 114 Å². The van der Waals surface area contributed by atoms with Crippen molar-refractivity contribution in [2.45, 2.75) is 25.9 Å². The second-order valence-electron chi connectivity index (χ2n) is 4.84. The van der Waals surface area contributed by atoms with Gasteiger partial charge in [-0.3, -0.25) is 4.79 Å². The average Bonchev–Trinajstić information content (AvgIpc) is 2.25. The molecule has 3 nitrogen and oxygen atoms in total. The lowest BCUT2D eigenvalue weighted by atomic mass is 10.1. The number of carbonyl (C=O) groups excluding carboxylic acids is 1. The molecular weight excluding hydrogens is 299 g/mol. The van der Waals surface area contributed by atoms with Crippen LogP contribution in [-0.2, 0) is 0 Å². The molecule has 5 heteroatoms. The van der Waals surface area contributed by atoms with Crippen LogP contribution in [0.5, 0.6) is 0 Å². The molecule has 1 aromatic carbocycles. The first-order valence-corrected chi connectivity index (χ1v) is 6.76. The highest BCUT2D eigenvalue weighted by molar-refractivity contribution is 9.10. The zero-order chi connectivity index (χ0) is 13.3. The lowest BCUT2D eigenvalue weighted by Crippen LogP contribution is -2.55. The summed E-state index contributed by atoms with van der Waals surface area (Å²) in [4.78, 5) is 14.1. The lowest BCUT2D eigenvalue weighted by Gasteiger charge is -2.36. The van der Waals surface area contributed by atoms with Gasteiger partial charge in [-0.1, -0.05) is 15.9 Å². The molecule has 1 amide bonds. The molecule has 1 aliphatic heterocycles. The summed E-state index contributed by atoms with van der Waals surface area (Å²) >= 11 is 3.21. The van der Waals surface area contributed by atoms with Gasteiger partial charge in [-0.05, 0) is 32.0 Å². The fraction of sp³-hybridized carbons (Fsp3) is 0.462. The molecule has 0 spiro atoms. The molecule has 1 aliphatic rings. The molecule has 18 heavy (non-hydrogen) atoms. The Kier molecular flexibility index (Phi) is 4.02. The first kappa shape index (κ1) is 13.5. The first-order chi connectivity index (χ1) is 8.45. The molecule has 0 aromatic heterocycles. The van der Waals surface area contributed by atoms with Gasteiger partial charge in [-0.25, -0.2) is 4.39 Å². The summed E-state index contributed by atoms with van der Waals surface area (Å²) < 4.78 is 13.9. The Bertz CT molecular complexity index is 436. The van der Waals surface area contributed by atoms with Crippen LogP contribution < -0.4 is 5.32 Å². The number of piperazine rings is 1. The SMILES string of the molecule is C[C@H]1CN(C(=O)c2cc(F)cc(Br)c2)C[C@H](C)N1. The zero-order valence-corrected chi connectivity index (χ0v) is 12.0. The van der Waals surface area contributed by atoms with Crippen LogP contribution in [0.15, 0.2) is 22.7 Å². The number of hydrogen-bond acceptors (Lipinski definition) is 2. The quantitative estimate of drug-likeness (QED) is 0.863. The number of amides is 1. The van der Waals surface area contributed by atoms with Gasteiger partial charge < -0.3 is 10.2 Å². The van der Waals surface area contributed by atoms with Crippen molar-refractivity contribution in [1.29, 1.82) is 0 Å². The van der Waals surface area contributed by atoms with Gasteiger partial charge in [0.15, 0.2) is 0 Å². The van der Waals surface area contributed by atoms with Crippen LogP contribution in [0.3, 0.4) is 0 Å². The van der Waals surface area contributed by atoms with Gasteiger partial charge in [0.1, 0.15) is 5.82 Å². The molecule has 98 valence electrons. The number of benzene rings is 1. The highest BCUT2D eigenvalue weighted by Gasteiger charge is 2.25. The predicted octanol–water partition coefficient (Wildman–Crippen LogP) is 2.41. The summed E-state index contributed by atoms with van der Waals surface area (Å²) in [7, 11) is 0. The third-order valence-corrected chi connectivity index (χ3v) is 3.41. The van der Waals surface area contributed by atoms with Crippen LogP contribution >= 0.6 is 15.9 Å². The van der Waals surface area contributed by atoms with Crippen molar-refractivity contribution in [2.24, 2.45) is 0 Å². The van der Waals surface area contributed by atoms with Crippen LogP contribution in [0.2, 0.25) is 0 Å². The highest BCUT2D eigenvalue weighted by atomic mass is 79.9. The molecule has 0 bridgehead atoms. The van der Waals surface area contributed by atoms with Crippen molar-refractivity contribution in [3.05, 3.63) is 34.1 Å². The predicted molar refractivity (Wildman–Crippen MR) is 72.1 cm³/mol. The third kappa shape index (κ3) is 3.09. The van der Waals surface area contributed by atoms with E-state index in [1.54, 1.807) is 11.0 Å². The number of halogens is 2. The topological polar surface area (TPSA) is 32.3 Å². The second kappa shape index (κ2) is 5.36. The molecule has 0 radical (unpaired) electrons. The molecule has 1 heterocycles. The highest BCUT2D eigenvalue weighted by Crippen LogP contribution is 2.17. The molecule has 1 N–H and O–H groups in total. The van der Waals surface area contributed by atoms with Gasteiger partial charge in [0, 0.05) is 35.2 Å². The Hall–Kier alpha value is -0.940. The fourth-order valence-corrected chi connectivity index (χ4v) is 2.82. The number of hydrogen-bond donors (Lipinski definition) is 1. The van der Waals surface area contributed by atoms with Gasteiger partial charge in [0.05, 0.1) is 0 Å². The van der Waals surface area contributed by atoms with Crippen molar-refractivity contribution in [3.63, 3.8) is 0 Å². The van der Waals surface area contributed by atoms with Crippen LogP contribution in [0.25, 0.3) is 0 Å². The van der Waals surface area contributed by atoms with E-state index in [4.69, 9.17) is 0 Å². The second-order valence-corrected chi connectivity index (χ2v) is 5.75. The zero-order valence-electron chi connectivity index (χ0n) is 10.4. The normalized spacial score (nSPS) is 24.1. The van der Waals surface area contributed by atoms with Gasteiger partial charge in [-0.2, -0.15) is 0 Å². The largest absolute Gasteiger partial charge is 0.336 e. The number of rotatable bonds is 1. The monoisotopic (exact) mass is 314 g/mol. The maximum Gasteiger partial charge on any atom is 0.254 e. The lowest BCUT2D eigenvalue weighted by molar-refractivity contribution is 0.0673. The van der Waals surface area contributed by atoms with E-state index < -0.39 is 5.82 Å². The number of carbonyl (C=O) groups is 1. The van der Waals surface area contributed by atoms with E-state index in [2.05, 4.69) is 21.2 Å². The maximum atomic E-state index is 13.3. The number of nitrogens with zero attached hydrogens (tertiary/aromatic N) is 1. The molecular formula is C13H16BrFN2O. The summed E-state index contributed by atoms with van der Waals surface area (Å²) in [6.45, 7) is 5.38. The van der Waals surface area contributed by atoms with Crippen molar-refractivity contribution in [1.82, 2.24) is 10.2 Å². The molecule has 1 saturated heterocycles. The van der Waals surface area contributed by atoms with E-state index in [-0.39, 0.29) is 18.0 Å². The van der Waals surface area contributed by atoms with Crippen LogP contribution in [-0.4, -0.2) is 36.0 Å². The minimum Gasteiger partial charge on any atom is -0.336 e. The van der Waals surface area contributed by atoms with Crippen molar-refractivity contribution >= 4 is 21.8 Å². The Morgan fingerprint density at radius 1 is 1.33 bits per heavy atom. The van der Waals surface area contributed by atoms with E-state index in [1.807, 2.05) is 13.8 Å². The van der Waals surface area contributed by atoms with Crippen molar-refractivity contribution in [2.75, 3.05) is 13.1 Å². The van der Waals surface area contributed by atoms with Crippen LogP contribution in [0.4, 0.5) is 4.39 Å². The van der Waals surface area contributed by atoms with Crippen LogP contribution in [0, 0.1) is 5.82 Å². The van der Waals surface area contributed by atoms with E-state index in [0.29, 0.717) is 23.1 Å². The van der Waals surface area contributed by atoms with E-state index in [0.717, 1.165) is 0 Å².